The molecule has 0 radical (unpaired) electrons. The Kier molecular flexibility index (Phi) is 8.13. The minimum atomic E-state index is -0.468. The van der Waals surface area contributed by atoms with Crippen molar-refractivity contribution in [2.45, 2.75) is 33.1 Å². The highest BCUT2D eigenvalue weighted by molar-refractivity contribution is 6.32. The van der Waals surface area contributed by atoms with Gasteiger partial charge in [0.05, 0.1) is 10.4 Å². The zero-order valence-electron chi connectivity index (χ0n) is 14.2. The predicted octanol–water partition coefficient (Wildman–Crippen LogP) is 2.96. The monoisotopic (exact) mass is 376 g/mol. The molecule has 2 rings (SSSR count). The van der Waals surface area contributed by atoms with Gasteiger partial charge in [-0.3, -0.25) is 4.79 Å². The Balaban J connectivity index is 0.00000288. The Bertz CT molecular complexity index is 555. The molecule has 0 atom stereocenters. The van der Waals surface area contributed by atoms with E-state index in [0.717, 1.165) is 18.4 Å². The molecule has 0 aromatic heterocycles. The molecule has 3 N–H and O–H groups in total. The number of hydrogen-bond donors (Lipinski definition) is 2. The quantitative estimate of drug-likeness (QED) is 0.766. The number of rotatable bonds is 7. The summed E-state index contributed by atoms with van der Waals surface area (Å²) in [6.45, 7) is 5.93. The first-order chi connectivity index (χ1) is 11.1. The van der Waals surface area contributed by atoms with E-state index in [1.165, 1.54) is 0 Å². The summed E-state index contributed by atoms with van der Waals surface area (Å²) in [6, 6.07) is 3.78. The van der Waals surface area contributed by atoms with E-state index in [1.54, 1.807) is 0 Å². The third-order valence-electron chi connectivity index (χ3n) is 4.58. The lowest BCUT2D eigenvalue weighted by atomic mass is 9.81. The third kappa shape index (κ3) is 4.47. The van der Waals surface area contributed by atoms with Crippen LogP contribution in [0.2, 0.25) is 5.02 Å². The molecule has 1 aliphatic heterocycles. The van der Waals surface area contributed by atoms with Crippen LogP contribution in [-0.4, -0.2) is 32.2 Å². The van der Waals surface area contributed by atoms with Gasteiger partial charge < -0.3 is 20.5 Å². The van der Waals surface area contributed by atoms with Gasteiger partial charge in [-0.1, -0.05) is 25.4 Å². The maximum atomic E-state index is 12.4. The van der Waals surface area contributed by atoms with Gasteiger partial charge in [0.15, 0.2) is 11.5 Å². The second-order valence-corrected chi connectivity index (χ2v) is 6.21. The number of fused-ring (bicyclic) bond motifs is 1. The number of nitrogens with one attached hydrogen (secondary N) is 1. The Morgan fingerprint density at radius 2 is 1.96 bits per heavy atom. The molecule has 1 amide bonds. The first kappa shape index (κ1) is 20.9. The largest absolute Gasteiger partial charge is 0.486 e. The predicted molar refractivity (Wildman–Crippen MR) is 98.5 cm³/mol. The molecule has 0 spiro atoms. The van der Waals surface area contributed by atoms with Crippen molar-refractivity contribution >= 4 is 29.9 Å². The van der Waals surface area contributed by atoms with Crippen molar-refractivity contribution in [1.29, 1.82) is 0 Å². The number of benzene rings is 1. The molecule has 0 saturated heterocycles. The molecule has 1 aromatic rings. The van der Waals surface area contributed by atoms with Crippen molar-refractivity contribution in [2.24, 2.45) is 11.1 Å². The average molecular weight is 377 g/mol. The van der Waals surface area contributed by atoms with Gasteiger partial charge in [-0.15, -0.1) is 12.4 Å². The van der Waals surface area contributed by atoms with Crippen LogP contribution < -0.4 is 20.5 Å². The Labute approximate surface area is 154 Å². The molecule has 1 aliphatic rings. The lowest BCUT2D eigenvalue weighted by Gasteiger charge is -2.28. The number of nitrogens with two attached hydrogens (primary N) is 1. The van der Waals surface area contributed by atoms with Gasteiger partial charge in [0.1, 0.15) is 13.2 Å². The molecule has 1 aromatic carbocycles. The van der Waals surface area contributed by atoms with E-state index < -0.39 is 5.41 Å². The van der Waals surface area contributed by atoms with E-state index in [-0.39, 0.29) is 18.3 Å². The summed E-state index contributed by atoms with van der Waals surface area (Å²) in [5, 5.41) is 3.53. The highest BCUT2D eigenvalue weighted by Crippen LogP contribution is 2.38. The molecule has 0 fully saturated rings. The highest BCUT2D eigenvalue weighted by Gasteiger charge is 2.32. The van der Waals surface area contributed by atoms with Gasteiger partial charge in [0, 0.05) is 13.1 Å². The summed E-state index contributed by atoms with van der Waals surface area (Å²) < 4.78 is 11.1. The van der Waals surface area contributed by atoms with Crippen molar-refractivity contribution in [3.63, 3.8) is 0 Å². The van der Waals surface area contributed by atoms with Gasteiger partial charge >= 0.3 is 0 Å². The Hall–Kier alpha value is -1.17. The zero-order chi connectivity index (χ0) is 16.9. The van der Waals surface area contributed by atoms with Gasteiger partial charge in [-0.25, -0.2) is 0 Å². The Morgan fingerprint density at radius 3 is 2.58 bits per heavy atom. The summed E-state index contributed by atoms with van der Waals surface area (Å²) in [5.74, 6) is 1.29. The fourth-order valence-electron chi connectivity index (χ4n) is 2.77. The van der Waals surface area contributed by atoms with Crippen molar-refractivity contribution < 1.29 is 14.3 Å². The van der Waals surface area contributed by atoms with Crippen LogP contribution in [0, 0.1) is 5.41 Å². The van der Waals surface area contributed by atoms with E-state index in [2.05, 4.69) is 5.32 Å². The lowest BCUT2D eigenvalue weighted by molar-refractivity contribution is -0.131. The molecule has 1 heterocycles. The van der Waals surface area contributed by atoms with Crippen LogP contribution >= 0.6 is 24.0 Å². The van der Waals surface area contributed by atoms with Gasteiger partial charge in [-0.05, 0) is 37.0 Å². The van der Waals surface area contributed by atoms with Crippen molar-refractivity contribution in [2.75, 3.05) is 26.3 Å². The lowest BCUT2D eigenvalue weighted by Crippen LogP contribution is -2.45. The van der Waals surface area contributed by atoms with Crippen LogP contribution in [0.15, 0.2) is 12.1 Å². The summed E-state index contributed by atoms with van der Waals surface area (Å²) in [6.07, 6.45) is 2.15. The van der Waals surface area contributed by atoms with Crippen molar-refractivity contribution in [1.82, 2.24) is 5.32 Å². The smallest absolute Gasteiger partial charge is 0.227 e. The van der Waals surface area contributed by atoms with E-state index in [0.29, 0.717) is 49.2 Å². The number of carbonyl (C=O) groups is 1. The Morgan fingerprint density at radius 1 is 1.29 bits per heavy atom. The van der Waals surface area contributed by atoms with Gasteiger partial charge in [0.25, 0.3) is 0 Å². The maximum Gasteiger partial charge on any atom is 0.227 e. The maximum absolute atomic E-state index is 12.4. The van der Waals surface area contributed by atoms with Crippen LogP contribution in [0.25, 0.3) is 0 Å². The fourth-order valence-corrected chi connectivity index (χ4v) is 3.06. The summed E-state index contributed by atoms with van der Waals surface area (Å²) in [4.78, 5) is 12.4. The standard InChI is InChI=1S/C17H25ClN2O3.ClH/c1-3-17(4-2,11-19)16(21)20-6-5-12-9-13(18)15-14(10-12)22-7-8-23-15;/h9-10H,3-8,11,19H2,1-2H3,(H,20,21);1H. The molecule has 7 heteroatoms. The van der Waals surface area contributed by atoms with E-state index in [4.69, 9.17) is 26.8 Å². The van der Waals surface area contributed by atoms with Gasteiger partial charge in [0.2, 0.25) is 5.91 Å². The molecule has 24 heavy (non-hydrogen) atoms. The minimum Gasteiger partial charge on any atom is -0.486 e. The number of amides is 1. The molecule has 0 saturated carbocycles. The highest BCUT2D eigenvalue weighted by atomic mass is 35.5. The topological polar surface area (TPSA) is 73.6 Å². The van der Waals surface area contributed by atoms with Crippen LogP contribution in [0.5, 0.6) is 11.5 Å². The second-order valence-electron chi connectivity index (χ2n) is 5.80. The van der Waals surface area contributed by atoms with Crippen molar-refractivity contribution in [3.8, 4) is 11.5 Å². The molecule has 136 valence electrons. The zero-order valence-corrected chi connectivity index (χ0v) is 15.8. The number of carbonyl (C=O) groups excluding carboxylic acids is 1. The third-order valence-corrected chi connectivity index (χ3v) is 4.86. The SMILES string of the molecule is CCC(CC)(CN)C(=O)NCCc1cc(Cl)c2c(c1)OCCO2.Cl. The first-order valence-electron chi connectivity index (χ1n) is 8.12. The van der Waals surface area contributed by atoms with E-state index in [9.17, 15) is 4.79 Å². The first-order valence-corrected chi connectivity index (χ1v) is 8.50. The number of halogens is 2. The molecular formula is C17H26Cl2N2O3. The number of ether oxygens (including phenoxy) is 2. The molecule has 0 aliphatic carbocycles. The van der Waals surface area contributed by atoms with Crippen LogP contribution in [0.1, 0.15) is 32.3 Å². The second kappa shape index (κ2) is 9.35. The van der Waals surface area contributed by atoms with Crippen LogP contribution in [-0.2, 0) is 11.2 Å². The minimum absolute atomic E-state index is 0. The summed E-state index contributed by atoms with van der Waals surface area (Å²) in [5.41, 5.74) is 6.34. The molecular weight excluding hydrogens is 351 g/mol. The van der Waals surface area contributed by atoms with E-state index >= 15 is 0 Å². The number of hydrogen-bond acceptors (Lipinski definition) is 4. The molecule has 0 bridgehead atoms. The van der Waals surface area contributed by atoms with Gasteiger partial charge in [-0.2, -0.15) is 0 Å². The fraction of sp³-hybridized carbons (Fsp3) is 0.588. The van der Waals surface area contributed by atoms with Crippen LogP contribution in [0.3, 0.4) is 0 Å². The normalized spacial score (nSPS) is 13.2. The summed E-state index contributed by atoms with van der Waals surface area (Å²) >= 11 is 6.22. The average Bonchev–Trinajstić information content (AvgIpc) is 2.57. The van der Waals surface area contributed by atoms with Crippen molar-refractivity contribution in [3.05, 3.63) is 22.7 Å². The summed E-state index contributed by atoms with van der Waals surface area (Å²) in [7, 11) is 0. The van der Waals surface area contributed by atoms with E-state index in [1.807, 2.05) is 26.0 Å². The molecule has 0 unspecified atom stereocenters. The van der Waals surface area contributed by atoms with Crippen LogP contribution in [0.4, 0.5) is 0 Å². The molecule has 5 nitrogen and oxygen atoms in total.